The number of fused-ring (bicyclic) bond motifs is 2. The average Bonchev–Trinajstić information content (AvgIpc) is 3.43. The molecule has 5 rings (SSSR count). The number of hydrogen-bond donors (Lipinski definition) is 1. The number of sulfonamides is 1. The summed E-state index contributed by atoms with van der Waals surface area (Å²) < 4.78 is 51.2. The van der Waals surface area contributed by atoms with Gasteiger partial charge in [0.1, 0.15) is 23.9 Å². The third-order valence-electron chi connectivity index (χ3n) is 8.44. The van der Waals surface area contributed by atoms with E-state index < -0.39 is 21.3 Å². The number of carbonyl (C=O) groups is 1. The Bertz CT molecular complexity index is 1370. The van der Waals surface area contributed by atoms with Crippen LogP contribution in [0.4, 0.5) is 4.39 Å². The fraction of sp³-hybridized carbons (Fsp3) is 0.464. The zero-order valence-electron chi connectivity index (χ0n) is 21.6. The molecular weight excluding hydrogens is 495 g/mol. The quantitative estimate of drug-likeness (QED) is 0.632. The van der Waals surface area contributed by atoms with Crippen molar-refractivity contribution in [3.05, 3.63) is 64.5 Å². The number of nitrogens with one attached hydrogen (secondary N) is 1. The van der Waals surface area contributed by atoms with Gasteiger partial charge < -0.3 is 14.4 Å². The number of nitrogens with zero attached hydrogens (tertiary/aromatic N) is 1. The first-order chi connectivity index (χ1) is 17.5. The Morgan fingerprint density at radius 1 is 1.14 bits per heavy atom. The minimum Gasteiger partial charge on any atom is -0.497 e. The number of piperidine rings is 1. The van der Waals surface area contributed by atoms with Crippen LogP contribution in [0.3, 0.4) is 0 Å². The summed E-state index contributed by atoms with van der Waals surface area (Å²) >= 11 is 0. The molecular formula is C28H33FN2O5S. The molecule has 2 aromatic carbocycles. The molecule has 3 aliphatic rings. The molecule has 2 unspecified atom stereocenters. The Morgan fingerprint density at radius 3 is 2.43 bits per heavy atom. The highest BCUT2D eigenvalue weighted by Gasteiger charge is 2.65. The maximum atomic E-state index is 14.1. The van der Waals surface area contributed by atoms with Crippen LogP contribution in [-0.4, -0.2) is 52.2 Å². The smallest absolute Gasteiger partial charge is 0.241 e. The summed E-state index contributed by atoms with van der Waals surface area (Å²) in [7, 11) is -1.99. The number of benzene rings is 2. The second-order valence-electron chi connectivity index (χ2n) is 10.5. The van der Waals surface area contributed by atoms with Crippen LogP contribution >= 0.6 is 0 Å². The monoisotopic (exact) mass is 528 g/mol. The number of hydrogen-bond acceptors (Lipinski definition) is 6. The average molecular weight is 529 g/mol. The van der Waals surface area contributed by atoms with Crippen LogP contribution < -0.4 is 14.2 Å². The third-order valence-corrected chi connectivity index (χ3v) is 9.00. The minimum absolute atomic E-state index is 0.108. The van der Waals surface area contributed by atoms with Gasteiger partial charge in [0, 0.05) is 36.8 Å². The fourth-order valence-electron chi connectivity index (χ4n) is 6.06. The van der Waals surface area contributed by atoms with Gasteiger partial charge in [0.25, 0.3) is 0 Å². The van der Waals surface area contributed by atoms with Gasteiger partial charge in [-0.25, -0.2) is 12.8 Å². The topological polar surface area (TPSA) is 84.9 Å². The lowest BCUT2D eigenvalue weighted by molar-refractivity contribution is -0.126. The molecule has 198 valence electrons. The van der Waals surface area contributed by atoms with Crippen LogP contribution in [0, 0.1) is 23.1 Å². The van der Waals surface area contributed by atoms with Gasteiger partial charge in [0.2, 0.25) is 15.9 Å². The first-order valence-electron chi connectivity index (χ1n) is 12.6. The van der Waals surface area contributed by atoms with Crippen LogP contribution in [-0.2, 0) is 21.4 Å². The van der Waals surface area contributed by atoms with Crippen molar-refractivity contribution in [2.45, 2.75) is 33.3 Å². The fourth-order valence-corrected chi connectivity index (χ4v) is 6.59. The minimum atomic E-state index is -3.62. The van der Waals surface area contributed by atoms with Gasteiger partial charge in [-0.3, -0.25) is 9.52 Å². The summed E-state index contributed by atoms with van der Waals surface area (Å²) in [6.45, 7) is 6.36. The molecule has 2 heterocycles. The Kier molecular flexibility index (Phi) is 6.56. The Labute approximate surface area is 217 Å². The van der Waals surface area contributed by atoms with E-state index >= 15 is 0 Å². The number of amides is 1. The standard InChI is InChI=1S/C28H33FN2O5S/c1-17-18(2)28(17,27(32)30-37(4,33)34)16-31-11-9-19(10-12-31)26-23-8-6-22(35-3)13-20(23)15-36-25-14-21(29)5-7-24(25)26/h5-8,13-14,17-18H,9-12,15-16H2,1-4H3,(H,30,32). The molecule has 1 saturated heterocycles. The number of methoxy groups -OCH3 is 1. The Balaban J connectivity index is 1.44. The molecule has 2 atom stereocenters. The predicted molar refractivity (Wildman–Crippen MR) is 139 cm³/mol. The first kappa shape index (κ1) is 25.7. The molecule has 2 aromatic rings. The molecule has 9 heteroatoms. The molecule has 7 nitrogen and oxygen atoms in total. The van der Waals surface area contributed by atoms with Gasteiger partial charge >= 0.3 is 0 Å². The van der Waals surface area contributed by atoms with Crippen molar-refractivity contribution in [1.29, 1.82) is 0 Å². The van der Waals surface area contributed by atoms with Gasteiger partial charge in [-0.2, -0.15) is 0 Å². The van der Waals surface area contributed by atoms with E-state index in [1.165, 1.54) is 17.7 Å². The van der Waals surface area contributed by atoms with E-state index in [1.54, 1.807) is 13.2 Å². The Morgan fingerprint density at radius 2 is 1.81 bits per heavy atom. The second kappa shape index (κ2) is 9.44. The molecule has 1 amide bonds. The lowest BCUT2D eigenvalue weighted by Gasteiger charge is -2.33. The third kappa shape index (κ3) is 4.75. The maximum absolute atomic E-state index is 14.1. The highest BCUT2D eigenvalue weighted by atomic mass is 32.2. The summed E-state index contributed by atoms with van der Waals surface area (Å²) in [6, 6.07) is 10.6. The van der Waals surface area contributed by atoms with Gasteiger partial charge in [0.05, 0.1) is 18.8 Å². The lowest BCUT2D eigenvalue weighted by atomic mass is 9.86. The number of halogens is 1. The van der Waals surface area contributed by atoms with Crippen LogP contribution in [0.15, 0.2) is 42.0 Å². The summed E-state index contributed by atoms with van der Waals surface area (Å²) in [5, 5.41) is 0. The van der Waals surface area contributed by atoms with Crippen molar-refractivity contribution in [3.8, 4) is 11.5 Å². The molecule has 0 radical (unpaired) electrons. The van der Waals surface area contributed by atoms with Crippen LogP contribution in [0.2, 0.25) is 0 Å². The molecule has 0 bridgehead atoms. The number of ether oxygens (including phenoxy) is 2. The first-order valence-corrected chi connectivity index (χ1v) is 14.5. The van der Waals surface area contributed by atoms with E-state index in [9.17, 15) is 17.6 Å². The molecule has 1 saturated carbocycles. The van der Waals surface area contributed by atoms with E-state index in [2.05, 4.69) is 9.62 Å². The van der Waals surface area contributed by atoms with E-state index in [-0.39, 0.29) is 17.7 Å². The van der Waals surface area contributed by atoms with Gasteiger partial charge in [-0.05, 0) is 60.1 Å². The summed E-state index contributed by atoms with van der Waals surface area (Å²) in [5.41, 5.74) is 4.55. The van der Waals surface area contributed by atoms with Crippen molar-refractivity contribution < 1.29 is 27.1 Å². The number of likely N-dealkylation sites (tertiary alicyclic amines) is 1. The number of carbonyl (C=O) groups excluding carboxylic acids is 1. The molecule has 2 fully saturated rings. The van der Waals surface area contributed by atoms with Crippen LogP contribution in [0.1, 0.15) is 43.4 Å². The van der Waals surface area contributed by atoms with Gasteiger partial charge in [0.15, 0.2) is 0 Å². The largest absolute Gasteiger partial charge is 0.497 e. The predicted octanol–water partition coefficient (Wildman–Crippen LogP) is 3.97. The normalized spacial score (nSPS) is 25.4. The lowest BCUT2D eigenvalue weighted by Crippen LogP contribution is -2.45. The van der Waals surface area contributed by atoms with Gasteiger partial charge in [-0.15, -0.1) is 0 Å². The zero-order chi connectivity index (χ0) is 26.5. The molecule has 0 aromatic heterocycles. The van der Waals surface area contributed by atoms with E-state index in [0.717, 1.165) is 60.2 Å². The summed E-state index contributed by atoms with van der Waals surface area (Å²) in [4.78, 5) is 15.2. The van der Waals surface area contributed by atoms with Gasteiger partial charge in [-0.1, -0.05) is 25.5 Å². The summed E-state index contributed by atoms with van der Waals surface area (Å²) in [5.74, 6) is 0.736. The highest BCUT2D eigenvalue weighted by molar-refractivity contribution is 7.89. The second-order valence-corrected chi connectivity index (χ2v) is 12.3. The van der Waals surface area contributed by atoms with Crippen molar-refractivity contribution in [3.63, 3.8) is 0 Å². The summed E-state index contributed by atoms with van der Waals surface area (Å²) in [6.07, 6.45) is 2.58. The Hall–Kier alpha value is -2.91. The number of rotatable bonds is 5. The van der Waals surface area contributed by atoms with E-state index in [0.29, 0.717) is 18.9 Å². The molecule has 1 aliphatic carbocycles. The van der Waals surface area contributed by atoms with Crippen molar-refractivity contribution in [1.82, 2.24) is 9.62 Å². The SMILES string of the molecule is COc1ccc2c(c1)COc1cc(F)ccc1C2=C1CCN(CC2(C(=O)NS(C)(=O)=O)C(C)C2C)CC1. The van der Waals surface area contributed by atoms with Crippen LogP contribution in [0.5, 0.6) is 11.5 Å². The van der Waals surface area contributed by atoms with Crippen molar-refractivity contribution in [2.75, 3.05) is 33.0 Å². The molecule has 0 spiro atoms. The van der Waals surface area contributed by atoms with E-state index in [1.807, 2.05) is 32.0 Å². The molecule has 2 aliphatic heterocycles. The van der Waals surface area contributed by atoms with E-state index in [4.69, 9.17) is 9.47 Å². The van der Waals surface area contributed by atoms with Crippen molar-refractivity contribution >= 4 is 21.5 Å². The maximum Gasteiger partial charge on any atom is 0.241 e. The zero-order valence-corrected chi connectivity index (χ0v) is 22.5. The van der Waals surface area contributed by atoms with Crippen LogP contribution in [0.25, 0.3) is 5.57 Å². The molecule has 37 heavy (non-hydrogen) atoms. The van der Waals surface area contributed by atoms with Crippen molar-refractivity contribution in [2.24, 2.45) is 17.3 Å². The molecule has 1 N–H and O–H groups in total. The highest BCUT2D eigenvalue weighted by Crippen LogP contribution is 2.59.